The van der Waals surface area contributed by atoms with E-state index in [-0.39, 0.29) is 5.41 Å². The van der Waals surface area contributed by atoms with Gasteiger partial charge in [-0.2, -0.15) is 0 Å². The number of nitrogens with two attached hydrogens (primary N) is 1. The van der Waals surface area contributed by atoms with E-state index in [9.17, 15) is 5.11 Å². The van der Waals surface area contributed by atoms with Crippen LogP contribution in [0.25, 0.3) is 0 Å². The van der Waals surface area contributed by atoms with Gasteiger partial charge in [-0.1, -0.05) is 0 Å². The van der Waals surface area contributed by atoms with Crippen LogP contribution in [0.1, 0.15) is 36.3 Å². The molecule has 1 heterocycles. The minimum atomic E-state index is -0.835. The van der Waals surface area contributed by atoms with Gasteiger partial charge in [0.1, 0.15) is 17.1 Å². The monoisotopic (exact) mass is 207 g/mol. The predicted octanol–water partition coefficient (Wildman–Crippen LogP) is 1.46. The number of hydrogen-bond acceptors (Lipinski definition) is 3. The summed E-state index contributed by atoms with van der Waals surface area (Å²) in [5, 5.41) is 10.8. The van der Waals surface area contributed by atoms with Crippen LogP contribution < -0.4 is 5.73 Å². The van der Waals surface area contributed by atoms with E-state index in [2.05, 4.69) is 0 Å². The van der Waals surface area contributed by atoms with E-state index >= 15 is 0 Å². The van der Waals surface area contributed by atoms with Crippen molar-refractivity contribution in [2.24, 2.45) is 11.1 Å². The zero-order valence-corrected chi connectivity index (χ0v) is 9.05. The molecule has 0 aromatic carbocycles. The highest BCUT2D eigenvalue weighted by atomic mass is 16.3. The summed E-state index contributed by atoms with van der Waals surface area (Å²) in [6.45, 7) is 2.23. The Balaban J connectivity index is 2.15. The maximum atomic E-state index is 10.8. The topological polar surface area (TPSA) is 59.4 Å². The fourth-order valence-electron chi connectivity index (χ4n) is 3.08. The van der Waals surface area contributed by atoms with E-state index in [4.69, 9.17) is 10.2 Å². The quantitative estimate of drug-likeness (QED) is 0.733. The average molecular weight is 207 g/mol. The van der Waals surface area contributed by atoms with Crippen molar-refractivity contribution in [3.8, 4) is 0 Å². The van der Waals surface area contributed by atoms with E-state index < -0.39 is 5.60 Å². The largest absolute Gasteiger partial charge is 0.466 e. The van der Waals surface area contributed by atoms with E-state index in [0.717, 1.165) is 42.8 Å². The van der Waals surface area contributed by atoms with Gasteiger partial charge in [0.2, 0.25) is 0 Å². The number of aliphatic hydroxyl groups is 1. The molecule has 1 saturated carbocycles. The van der Waals surface area contributed by atoms with Crippen molar-refractivity contribution in [2.75, 3.05) is 6.54 Å². The van der Waals surface area contributed by atoms with Crippen molar-refractivity contribution < 1.29 is 9.52 Å². The minimum Gasteiger partial charge on any atom is -0.466 e. The molecule has 1 aromatic heterocycles. The molecule has 0 radical (unpaired) electrons. The number of fused-ring (bicyclic) bond motifs is 1. The summed E-state index contributed by atoms with van der Waals surface area (Å²) >= 11 is 0. The van der Waals surface area contributed by atoms with Gasteiger partial charge in [0.15, 0.2) is 0 Å². The van der Waals surface area contributed by atoms with Gasteiger partial charge in [-0.15, -0.1) is 0 Å². The molecule has 3 nitrogen and oxygen atoms in total. The SMILES string of the molecule is Cc1cc2c(o1)CCC1(CC1)C2(O)CN. The van der Waals surface area contributed by atoms with Crippen molar-refractivity contribution in [3.63, 3.8) is 0 Å². The Kier molecular flexibility index (Phi) is 1.67. The van der Waals surface area contributed by atoms with Crippen molar-refractivity contribution in [3.05, 3.63) is 23.2 Å². The maximum absolute atomic E-state index is 10.8. The van der Waals surface area contributed by atoms with Gasteiger partial charge in [0.05, 0.1) is 0 Å². The second-order valence-corrected chi connectivity index (χ2v) is 5.04. The third-order valence-corrected chi connectivity index (χ3v) is 4.23. The lowest BCUT2D eigenvalue weighted by Crippen LogP contribution is -2.46. The Labute approximate surface area is 89.3 Å². The smallest absolute Gasteiger partial charge is 0.111 e. The van der Waals surface area contributed by atoms with E-state index in [0.29, 0.717) is 6.54 Å². The first-order valence-electron chi connectivity index (χ1n) is 5.64. The van der Waals surface area contributed by atoms with E-state index in [1.165, 1.54) is 0 Å². The third-order valence-electron chi connectivity index (χ3n) is 4.23. The normalized spacial score (nSPS) is 31.7. The highest BCUT2D eigenvalue weighted by Gasteiger charge is 2.61. The van der Waals surface area contributed by atoms with Crippen LogP contribution in [0.15, 0.2) is 10.5 Å². The Morgan fingerprint density at radius 3 is 2.80 bits per heavy atom. The van der Waals surface area contributed by atoms with Crippen LogP contribution in [-0.4, -0.2) is 11.7 Å². The highest BCUT2D eigenvalue weighted by Crippen LogP contribution is 2.63. The molecule has 0 amide bonds. The average Bonchev–Trinajstić information content (AvgIpc) is 2.91. The summed E-state index contributed by atoms with van der Waals surface area (Å²) < 4.78 is 5.61. The van der Waals surface area contributed by atoms with Crippen LogP contribution in [0.3, 0.4) is 0 Å². The number of furan rings is 1. The molecule has 0 bridgehead atoms. The van der Waals surface area contributed by atoms with Crippen LogP contribution in [0.5, 0.6) is 0 Å². The van der Waals surface area contributed by atoms with Gasteiger partial charge < -0.3 is 15.3 Å². The van der Waals surface area contributed by atoms with Crippen molar-refractivity contribution in [1.82, 2.24) is 0 Å². The van der Waals surface area contributed by atoms with Gasteiger partial charge in [0, 0.05) is 23.9 Å². The summed E-state index contributed by atoms with van der Waals surface area (Å²) in [4.78, 5) is 0. The first-order valence-corrected chi connectivity index (χ1v) is 5.64. The fourth-order valence-corrected chi connectivity index (χ4v) is 3.08. The Bertz CT molecular complexity index is 406. The molecular weight excluding hydrogens is 190 g/mol. The van der Waals surface area contributed by atoms with Gasteiger partial charge in [-0.25, -0.2) is 0 Å². The highest BCUT2D eigenvalue weighted by molar-refractivity contribution is 5.36. The molecule has 2 aliphatic carbocycles. The molecule has 15 heavy (non-hydrogen) atoms. The summed E-state index contributed by atoms with van der Waals surface area (Å²) in [6.07, 6.45) is 4.17. The summed E-state index contributed by atoms with van der Waals surface area (Å²) in [5.41, 5.74) is 5.96. The molecule has 3 N–H and O–H groups in total. The van der Waals surface area contributed by atoms with Crippen LogP contribution >= 0.6 is 0 Å². The zero-order valence-electron chi connectivity index (χ0n) is 9.05. The Hall–Kier alpha value is -0.800. The molecule has 3 rings (SSSR count). The lowest BCUT2D eigenvalue weighted by atomic mass is 9.71. The molecule has 1 fully saturated rings. The summed E-state index contributed by atoms with van der Waals surface area (Å²) in [5.74, 6) is 1.82. The number of rotatable bonds is 1. The van der Waals surface area contributed by atoms with Crippen LogP contribution in [0.4, 0.5) is 0 Å². The van der Waals surface area contributed by atoms with Crippen LogP contribution in [0, 0.1) is 12.3 Å². The first-order chi connectivity index (χ1) is 7.11. The summed E-state index contributed by atoms with van der Waals surface area (Å²) in [6, 6.07) is 1.96. The zero-order chi connectivity index (χ0) is 10.7. The van der Waals surface area contributed by atoms with Gasteiger partial charge in [0.25, 0.3) is 0 Å². The Morgan fingerprint density at radius 1 is 1.47 bits per heavy atom. The molecule has 3 heteroatoms. The second kappa shape index (κ2) is 2.66. The number of aryl methyl sites for hydroxylation is 2. The maximum Gasteiger partial charge on any atom is 0.111 e. The van der Waals surface area contributed by atoms with Crippen molar-refractivity contribution >= 4 is 0 Å². The minimum absolute atomic E-state index is 0.0606. The molecule has 82 valence electrons. The Morgan fingerprint density at radius 2 is 2.20 bits per heavy atom. The van der Waals surface area contributed by atoms with Gasteiger partial charge >= 0.3 is 0 Å². The third kappa shape index (κ3) is 1.02. The molecule has 1 spiro atoms. The second-order valence-electron chi connectivity index (χ2n) is 5.04. The van der Waals surface area contributed by atoms with Gasteiger partial charge in [-0.05, 0) is 32.3 Å². The molecule has 0 aliphatic heterocycles. The number of hydrogen-bond donors (Lipinski definition) is 2. The molecule has 1 aromatic rings. The summed E-state index contributed by atoms with van der Waals surface area (Å²) in [7, 11) is 0. The van der Waals surface area contributed by atoms with Crippen molar-refractivity contribution in [1.29, 1.82) is 0 Å². The first kappa shape index (κ1) is 9.43. The fraction of sp³-hybridized carbons (Fsp3) is 0.667. The molecule has 1 atom stereocenters. The standard InChI is InChI=1S/C12H17NO2/c1-8-6-9-10(15-8)2-3-11(4-5-11)12(9,14)7-13/h6,14H,2-5,7,13H2,1H3. The molecule has 1 unspecified atom stereocenters. The van der Waals surface area contributed by atoms with E-state index in [1.807, 2.05) is 13.0 Å². The molecule has 0 saturated heterocycles. The van der Waals surface area contributed by atoms with Crippen LogP contribution in [-0.2, 0) is 12.0 Å². The lowest BCUT2D eigenvalue weighted by Gasteiger charge is -2.39. The lowest BCUT2D eigenvalue weighted by molar-refractivity contribution is -0.0441. The molecule has 2 aliphatic rings. The van der Waals surface area contributed by atoms with Gasteiger partial charge in [-0.3, -0.25) is 0 Å². The van der Waals surface area contributed by atoms with Crippen molar-refractivity contribution in [2.45, 2.75) is 38.2 Å². The predicted molar refractivity (Wildman–Crippen MR) is 56.4 cm³/mol. The van der Waals surface area contributed by atoms with Crippen LogP contribution in [0.2, 0.25) is 0 Å². The molecular formula is C12H17NO2. The van der Waals surface area contributed by atoms with E-state index in [1.54, 1.807) is 0 Å².